The molecule has 2 rings (SSSR count). The van der Waals surface area contributed by atoms with Gasteiger partial charge in [-0.2, -0.15) is 4.39 Å². The van der Waals surface area contributed by atoms with Crippen molar-refractivity contribution in [1.82, 2.24) is 10.3 Å². The minimum Gasteiger partial charge on any atom is -0.324 e. The van der Waals surface area contributed by atoms with Gasteiger partial charge in [-0.05, 0) is 25.1 Å². The van der Waals surface area contributed by atoms with E-state index in [9.17, 15) is 9.18 Å². The molecule has 80 valence electrons. The van der Waals surface area contributed by atoms with Crippen LogP contribution in [0.5, 0.6) is 0 Å². The van der Waals surface area contributed by atoms with Crippen LogP contribution in [0.25, 0.3) is 0 Å². The van der Waals surface area contributed by atoms with Crippen molar-refractivity contribution in [3.8, 4) is 0 Å². The average molecular weight is 209 g/mol. The Morgan fingerprint density at radius 2 is 2.47 bits per heavy atom. The van der Waals surface area contributed by atoms with Crippen LogP contribution < -0.4 is 10.6 Å². The molecule has 0 radical (unpaired) electrons. The molecule has 0 bridgehead atoms. The summed E-state index contributed by atoms with van der Waals surface area (Å²) in [6.07, 6.45) is 2.16. The number of amides is 1. The van der Waals surface area contributed by atoms with Gasteiger partial charge in [-0.25, -0.2) is 4.98 Å². The Labute approximate surface area is 86.9 Å². The van der Waals surface area contributed by atoms with Gasteiger partial charge in [0.1, 0.15) is 0 Å². The third kappa shape index (κ3) is 2.50. The second-order valence-corrected chi connectivity index (χ2v) is 3.55. The minimum absolute atomic E-state index is 0.00931. The Kier molecular flexibility index (Phi) is 2.91. The number of carbonyl (C=O) groups is 1. The topological polar surface area (TPSA) is 54.0 Å². The van der Waals surface area contributed by atoms with Gasteiger partial charge in [0.05, 0.1) is 17.8 Å². The van der Waals surface area contributed by atoms with Crippen molar-refractivity contribution in [1.29, 1.82) is 0 Å². The number of rotatable bonds is 2. The second kappa shape index (κ2) is 4.35. The van der Waals surface area contributed by atoms with Gasteiger partial charge in [0.15, 0.2) is 0 Å². The third-order valence-corrected chi connectivity index (χ3v) is 2.43. The number of nitrogens with one attached hydrogen (secondary N) is 2. The molecule has 0 aliphatic carbocycles. The van der Waals surface area contributed by atoms with Gasteiger partial charge in [0, 0.05) is 6.54 Å². The maximum Gasteiger partial charge on any atom is 0.228 e. The molecule has 1 amide bonds. The van der Waals surface area contributed by atoms with E-state index in [0.29, 0.717) is 12.2 Å². The molecule has 2 N–H and O–H groups in total. The Morgan fingerprint density at radius 1 is 1.60 bits per heavy atom. The number of hydrogen-bond donors (Lipinski definition) is 2. The van der Waals surface area contributed by atoms with Crippen LogP contribution in [0.2, 0.25) is 0 Å². The first kappa shape index (κ1) is 10.0. The minimum atomic E-state index is -0.546. The number of nitrogens with zero attached hydrogens (tertiary/aromatic N) is 1. The van der Waals surface area contributed by atoms with E-state index in [-0.39, 0.29) is 11.8 Å². The lowest BCUT2D eigenvalue weighted by Crippen LogP contribution is -2.24. The predicted octanol–water partition coefficient (Wildman–Crippen LogP) is 0.769. The molecule has 1 fully saturated rings. The molecule has 1 aliphatic rings. The quantitative estimate of drug-likeness (QED) is 0.707. The summed E-state index contributed by atoms with van der Waals surface area (Å²) >= 11 is 0. The van der Waals surface area contributed by atoms with E-state index in [2.05, 4.69) is 15.6 Å². The van der Waals surface area contributed by atoms with Crippen molar-refractivity contribution in [2.45, 2.75) is 6.42 Å². The summed E-state index contributed by atoms with van der Waals surface area (Å²) in [7, 11) is 0. The van der Waals surface area contributed by atoms with Crippen LogP contribution in [0.15, 0.2) is 18.3 Å². The molecular formula is C10H12FN3O. The molecule has 4 nitrogen and oxygen atoms in total. The predicted molar refractivity (Wildman–Crippen MR) is 53.8 cm³/mol. The third-order valence-electron chi connectivity index (χ3n) is 2.43. The van der Waals surface area contributed by atoms with Gasteiger partial charge >= 0.3 is 0 Å². The average Bonchev–Trinajstić information content (AvgIpc) is 2.74. The Bertz CT molecular complexity index is 346. The van der Waals surface area contributed by atoms with Gasteiger partial charge in [-0.1, -0.05) is 0 Å². The monoisotopic (exact) mass is 209 g/mol. The summed E-state index contributed by atoms with van der Waals surface area (Å²) < 4.78 is 12.5. The largest absolute Gasteiger partial charge is 0.324 e. The number of pyridine rings is 1. The lowest BCUT2D eigenvalue weighted by molar-refractivity contribution is -0.119. The zero-order valence-corrected chi connectivity index (χ0v) is 8.16. The van der Waals surface area contributed by atoms with E-state index in [1.54, 1.807) is 0 Å². The molecule has 1 aliphatic heterocycles. The van der Waals surface area contributed by atoms with Crippen molar-refractivity contribution >= 4 is 11.6 Å². The first-order valence-corrected chi connectivity index (χ1v) is 4.89. The zero-order valence-electron chi connectivity index (χ0n) is 8.16. The van der Waals surface area contributed by atoms with Gasteiger partial charge in [0.25, 0.3) is 0 Å². The van der Waals surface area contributed by atoms with Gasteiger partial charge in [0.2, 0.25) is 11.9 Å². The number of anilines is 1. The van der Waals surface area contributed by atoms with E-state index in [1.807, 2.05) is 0 Å². The fraction of sp³-hybridized carbons (Fsp3) is 0.400. The smallest absolute Gasteiger partial charge is 0.228 e. The molecule has 15 heavy (non-hydrogen) atoms. The number of carbonyl (C=O) groups excluding carboxylic acids is 1. The Hall–Kier alpha value is -1.49. The summed E-state index contributed by atoms with van der Waals surface area (Å²) in [5.41, 5.74) is 0.535. The summed E-state index contributed by atoms with van der Waals surface area (Å²) in [5, 5.41) is 5.81. The first-order valence-electron chi connectivity index (χ1n) is 4.89. The summed E-state index contributed by atoms with van der Waals surface area (Å²) in [6, 6.07) is 2.73. The highest BCUT2D eigenvalue weighted by Gasteiger charge is 2.22. The normalized spacial score (nSPS) is 20.2. The molecule has 2 heterocycles. The fourth-order valence-corrected chi connectivity index (χ4v) is 1.57. The lowest BCUT2D eigenvalue weighted by atomic mass is 10.1. The maximum absolute atomic E-state index is 12.5. The van der Waals surface area contributed by atoms with Crippen molar-refractivity contribution in [2.24, 2.45) is 5.92 Å². The van der Waals surface area contributed by atoms with Crippen LogP contribution in [-0.4, -0.2) is 24.0 Å². The lowest BCUT2D eigenvalue weighted by Gasteiger charge is -2.08. The zero-order chi connectivity index (χ0) is 10.7. The fourth-order valence-electron chi connectivity index (χ4n) is 1.57. The molecule has 1 saturated heterocycles. The highest BCUT2D eigenvalue weighted by atomic mass is 19.1. The highest BCUT2D eigenvalue weighted by molar-refractivity contribution is 5.92. The van der Waals surface area contributed by atoms with Crippen LogP contribution in [0.3, 0.4) is 0 Å². The van der Waals surface area contributed by atoms with E-state index in [1.165, 1.54) is 18.3 Å². The number of aromatic nitrogens is 1. The Balaban J connectivity index is 1.96. The molecule has 1 atom stereocenters. The van der Waals surface area contributed by atoms with E-state index < -0.39 is 5.95 Å². The highest BCUT2D eigenvalue weighted by Crippen LogP contribution is 2.12. The van der Waals surface area contributed by atoms with Crippen molar-refractivity contribution in [3.05, 3.63) is 24.3 Å². The molecule has 0 spiro atoms. The van der Waals surface area contributed by atoms with Crippen molar-refractivity contribution < 1.29 is 9.18 Å². The molecule has 0 aromatic carbocycles. The van der Waals surface area contributed by atoms with Gasteiger partial charge in [-0.15, -0.1) is 0 Å². The number of halogens is 1. The Morgan fingerprint density at radius 3 is 3.07 bits per heavy atom. The van der Waals surface area contributed by atoms with Gasteiger partial charge in [-0.3, -0.25) is 4.79 Å². The van der Waals surface area contributed by atoms with Crippen LogP contribution in [0.4, 0.5) is 10.1 Å². The van der Waals surface area contributed by atoms with E-state index in [0.717, 1.165) is 13.0 Å². The summed E-state index contributed by atoms with van der Waals surface area (Å²) in [6.45, 7) is 1.58. The molecule has 1 unspecified atom stereocenters. The van der Waals surface area contributed by atoms with Crippen molar-refractivity contribution in [2.75, 3.05) is 18.4 Å². The number of hydrogen-bond acceptors (Lipinski definition) is 3. The molecule has 0 saturated carbocycles. The van der Waals surface area contributed by atoms with E-state index in [4.69, 9.17) is 0 Å². The molecule has 1 aromatic rings. The van der Waals surface area contributed by atoms with Crippen LogP contribution in [0.1, 0.15) is 6.42 Å². The van der Waals surface area contributed by atoms with Crippen LogP contribution in [0, 0.1) is 11.9 Å². The molecule has 1 aromatic heterocycles. The summed E-state index contributed by atoms with van der Waals surface area (Å²) in [5.74, 6) is -0.570. The summed E-state index contributed by atoms with van der Waals surface area (Å²) in [4.78, 5) is 15.1. The molecular weight excluding hydrogens is 197 g/mol. The SMILES string of the molecule is O=C(Nc1ccc(F)nc1)C1CCNC1. The van der Waals surface area contributed by atoms with Crippen LogP contribution in [-0.2, 0) is 4.79 Å². The molecule has 5 heteroatoms. The first-order chi connectivity index (χ1) is 7.25. The van der Waals surface area contributed by atoms with E-state index >= 15 is 0 Å². The van der Waals surface area contributed by atoms with Crippen molar-refractivity contribution in [3.63, 3.8) is 0 Å². The second-order valence-electron chi connectivity index (χ2n) is 3.55. The standard InChI is InChI=1S/C10H12FN3O/c11-9-2-1-8(6-13-9)14-10(15)7-3-4-12-5-7/h1-2,6-7,12H,3-5H2,(H,14,15). The van der Waals surface area contributed by atoms with Crippen LogP contribution >= 0.6 is 0 Å². The maximum atomic E-state index is 12.5. The van der Waals surface area contributed by atoms with Gasteiger partial charge < -0.3 is 10.6 Å².